The molecule has 4 bridgehead atoms. The Hall–Kier alpha value is -2.57. The van der Waals surface area contributed by atoms with Gasteiger partial charge in [0, 0.05) is 6.42 Å². The molecule has 0 heterocycles. The highest BCUT2D eigenvalue weighted by Gasteiger charge is 2.58. The third-order valence-corrected chi connectivity index (χ3v) is 8.04. The fourth-order valence-electron chi connectivity index (χ4n) is 7.35. The molecule has 0 aromatic heterocycles. The van der Waals surface area contributed by atoms with Gasteiger partial charge in [-0.15, -0.1) is 0 Å². The van der Waals surface area contributed by atoms with Crippen LogP contribution in [0.5, 0.6) is 0 Å². The third-order valence-electron chi connectivity index (χ3n) is 8.04. The summed E-state index contributed by atoms with van der Waals surface area (Å²) in [6.45, 7) is 6.95. The number of carboxylic acid groups (broad SMARTS) is 1. The van der Waals surface area contributed by atoms with Gasteiger partial charge in [-0.05, 0) is 95.0 Å². The number of rotatable bonds is 8. The molecule has 3 atom stereocenters. The molecule has 5 rings (SSSR count). The highest BCUT2D eigenvalue weighted by Crippen LogP contribution is 2.63. The lowest BCUT2D eigenvalue weighted by Gasteiger charge is -2.59. The molecule has 35 heavy (non-hydrogen) atoms. The van der Waals surface area contributed by atoms with Crippen molar-refractivity contribution in [1.82, 2.24) is 5.32 Å². The Balaban J connectivity index is 1.50. The van der Waals surface area contributed by atoms with E-state index in [4.69, 9.17) is 9.47 Å². The van der Waals surface area contributed by atoms with Crippen LogP contribution >= 0.6 is 0 Å². The molecule has 0 spiro atoms. The van der Waals surface area contributed by atoms with Gasteiger partial charge in [0.1, 0.15) is 17.7 Å². The molecule has 0 saturated heterocycles. The van der Waals surface area contributed by atoms with Gasteiger partial charge in [-0.1, -0.05) is 30.3 Å². The van der Waals surface area contributed by atoms with Crippen molar-refractivity contribution in [3.63, 3.8) is 0 Å². The largest absolute Gasteiger partial charge is 0.481 e. The minimum Gasteiger partial charge on any atom is -0.481 e. The highest BCUT2D eigenvalue weighted by molar-refractivity contribution is 5.82. The second-order valence-electron chi connectivity index (χ2n) is 12.1. The van der Waals surface area contributed by atoms with E-state index in [1.807, 2.05) is 30.3 Å². The van der Waals surface area contributed by atoms with E-state index in [9.17, 15) is 19.5 Å². The summed E-state index contributed by atoms with van der Waals surface area (Å²) in [5.41, 5.74) is -0.173. The van der Waals surface area contributed by atoms with E-state index >= 15 is 0 Å². The maximum absolute atomic E-state index is 13.3. The number of carbonyl (C=O) groups excluding carboxylic acids is 2. The van der Waals surface area contributed by atoms with E-state index in [1.54, 1.807) is 27.7 Å². The number of benzene rings is 1. The molecular weight excluding hydrogens is 446 g/mol. The third kappa shape index (κ3) is 5.99. The van der Waals surface area contributed by atoms with Crippen molar-refractivity contribution in [1.29, 1.82) is 0 Å². The Kier molecular flexibility index (Phi) is 7.16. The van der Waals surface area contributed by atoms with Crippen molar-refractivity contribution in [2.45, 2.75) is 90.4 Å². The van der Waals surface area contributed by atoms with Crippen molar-refractivity contribution in [3.8, 4) is 0 Å². The monoisotopic (exact) mass is 485 g/mol. The molecule has 0 aliphatic heterocycles. The number of hydrogen-bond acceptors (Lipinski definition) is 5. The smallest absolute Gasteiger partial charge is 0.408 e. The van der Waals surface area contributed by atoms with E-state index in [-0.39, 0.29) is 11.8 Å². The predicted molar refractivity (Wildman–Crippen MR) is 131 cm³/mol. The molecule has 4 aliphatic rings. The van der Waals surface area contributed by atoms with E-state index in [0.29, 0.717) is 17.8 Å². The average Bonchev–Trinajstić information content (AvgIpc) is 2.71. The van der Waals surface area contributed by atoms with Crippen LogP contribution in [0.2, 0.25) is 0 Å². The van der Waals surface area contributed by atoms with Crippen molar-refractivity contribution in [3.05, 3.63) is 35.9 Å². The van der Waals surface area contributed by atoms with Gasteiger partial charge in [-0.25, -0.2) is 9.59 Å². The molecule has 7 nitrogen and oxygen atoms in total. The number of hydrogen-bond donors (Lipinski definition) is 2. The number of ether oxygens (including phenoxy) is 2. The molecule has 2 N–H and O–H groups in total. The number of carboxylic acids is 1. The molecule has 4 aliphatic carbocycles. The van der Waals surface area contributed by atoms with Crippen molar-refractivity contribution in [2.24, 2.45) is 29.1 Å². The van der Waals surface area contributed by atoms with Gasteiger partial charge >= 0.3 is 18.0 Å². The minimum absolute atomic E-state index is 0.223. The predicted octanol–water partition coefficient (Wildman–Crippen LogP) is 4.97. The second kappa shape index (κ2) is 9.82. The summed E-state index contributed by atoms with van der Waals surface area (Å²) in [5.74, 6) is -0.518. The zero-order valence-electron chi connectivity index (χ0n) is 21.3. The van der Waals surface area contributed by atoms with Crippen LogP contribution in [0, 0.1) is 29.1 Å². The number of nitrogens with one attached hydrogen (secondary N) is 1. The summed E-state index contributed by atoms with van der Waals surface area (Å²) in [4.78, 5) is 38.4. The fourth-order valence-corrected chi connectivity index (χ4v) is 7.35. The lowest BCUT2D eigenvalue weighted by Crippen LogP contribution is -2.55. The minimum atomic E-state index is -0.986. The summed E-state index contributed by atoms with van der Waals surface area (Å²) in [6, 6.07) is 8.36. The van der Waals surface area contributed by atoms with Crippen LogP contribution in [0.15, 0.2) is 30.3 Å². The van der Waals surface area contributed by atoms with Gasteiger partial charge in [0.15, 0.2) is 0 Å². The molecular formula is C28H39NO6. The van der Waals surface area contributed by atoms with E-state index < -0.39 is 41.7 Å². The first kappa shape index (κ1) is 25.5. The van der Waals surface area contributed by atoms with Crippen LogP contribution in [0.4, 0.5) is 4.79 Å². The quantitative estimate of drug-likeness (QED) is 0.504. The Morgan fingerprint density at radius 3 is 2.06 bits per heavy atom. The zero-order valence-corrected chi connectivity index (χ0v) is 21.3. The first-order valence-electron chi connectivity index (χ1n) is 12.9. The van der Waals surface area contributed by atoms with Crippen LogP contribution in [-0.4, -0.2) is 40.9 Å². The van der Waals surface area contributed by atoms with E-state index in [0.717, 1.165) is 24.8 Å². The number of carbonyl (C=O) groups is 3. The summed E-state index contributed by atoms with van der Waals surface area (Å²) in [5, 5.41) is 12.9. The summed E-state index contributed by atoms with van der Waals surface area (Å²) in [6.07, 6.45) is 5.05. The Morgan fingerprint density at radius 2 is 1.57 bits per heavy atom. The van der Waals surface area contributed by atoms with Gasteiger partial charge in [-0.2, -0.15) is 0 Å². The average molecular weight is 486 g/mol. The topological polar surface area (TPSA) is 102 Å². The number of alkyl carbamates (subject to hydrolysis) is 1. The number of aliphatic carboxylic acids is 1. The van der Waals surface area contributed by atoms with Crippen LogP contribution in [-0.2, 0) is 25.5 Å². The number of amides is 1. The molecule has 7 heteroatoms. The molecule has 4 saturated carbocycles. The van der Waals surface area contributed by atoms with Crippen LogP contribution in [0.3, 0.4) is 0 Å². The summed E-state index contributed by atoms with van der Waals surface area (Å²) >= 11 is 0. The molecule has 1 aromatic rings. The van der Waals surface area contributed by atoms with E-state index in [1.165, 1.54) is 19.3 Å². The maximum atomic E-state index is 13.3. The van der Waals surface area contributed by atoms with Gasteiger partial charge in [0.2, 0.25) is 0 Å². The van der Waals surface area contributed by atoms with Gasteiger partial charge in [0.05, 0.1) is 5.92 Å². The standard InChI is InChI=1S/C28H39NO6/c1-17(23(24(30)31)28-14-19-10-20(15-28)12-21(11-19)16-28)34-25(32)22(13-18-8-6-5-7-9-18)29-26(33)35-27(2,3)4/h5-9,17,19-23H,10-16H2,1-4H3,(H,29,33)(H,30,31)/t17-,19?,20?,21?,22-,23-,28?/m0/s1. The summed E-state index contributed by atoms with van der Waals surface area (Å²) in [7, 11) is 0. The van der Waals surface area contributed by atoms with Crippen LogP contribution in [0.25, 0.3) is 0 Å². The van der Waals surface area contributed by atoms with E-state index in [2.05, 4.69) is 5.32 Å². The maximum Gasteiger partial charge on any atom is 0.408 e. The van der Waals surface area contributed by atoms with Crippen molar-refractivity contribution < 1.29 is 29.0 Å². The van der Waals surface area contributed by atoms with Crippen molar-refractivity contribution in [2.75, 3.05) is 0 Å². The Morgan fingerprint density at radius 1 is 1.03 bits per heavy atom. The van der Waals surface area contributed by atoms with Gasteiger partial charge in [0.25, 0.3) is 0 Å². The summed E-state index contributed by atoms with van der Waals surface area (Å²) < 4.78 is 11.2. The number of esters is 1. The molecule has 192 valence electrons. The molecule has 4 fully saturated rings. The normalized spacial score (nSPS) is 29.7. The fraction of sp³-hybridized carbons (Fsp3) is 0.679. The van der Waals surface area contributed by atoms with Gasteiger partial charge in [-0.3, -0.25) is 4.79 Å². The van der Waals surface area contributed by atoms with Gasteiger partial charge < -0.3 is 19.9 Å². The highest BCUT2D eigenvalue weighted by atomic mass is 16.6. The lowest BCUT2D eigenvalue weighted by atomic mass is 9.46. The van der Waals surface area contributed by atoms with Crippen molar-refractivity contribution >= 4 is 18.0 Å². The SMILES string of the molecule is C[C@H](OC(=O)[C@H](Cc1ccccc1)NC(=O)OC(C)(C)C)[C@@H](C(=O)O)C12CC3CC(CC(C3)C1)C2. The molecule has 0 unspecified atom stereocenters. The van der Waals surface area contributed by atoms with Crippen LogP contribution < -0.4 is 5.32 Å². The van der Waals surface area contributed by atoms with Crippen LogP contribution in [0.1, 0.15) is 71.8 Å². The first-order valence-corrected chi connectivity index (χ1v) is 12.9. The molecule has 1 amide bonds. The first-order chi connectivity index (χ1) is 16.4. The Bertz CT molecular complexity index is 901. The lowest BCUT2D eigenvalue weighted by molar-refractivity contribution is -0.178. The molecule has 0 radical (unpaired) electrons. The zero-order chi connectivity index (χ0) is 25.4. The second-order valence-corrected chi connectivity index (χ2v) is 12.1. The molecule has 1 aromatic carbocycles. The Labute approximate surface area is 207 Å².